The molecule has 2 saturated heterocycles. The lowest BCUT2D eigenvalue weighted by Crippen LogP contribution is -2.54. The molecule has 4 heterocycles. The predicted molar refractivity (Wildman–Crippen MR) is 193 cm³/mol. The number of hydrogen-bond donors (Lipinski definition) is 6. The summed E-state index contributed by atoms with van der Waals surface area (Å²) in [5.74, 6) is -2.81. The van der Waals surface area contributed by atoms with Gasteiger partial charge in [-0.1, -0.05) is 0 Å². The fourth-order valence-electron chi connectivity index (χ4n) is 6.77. The second kappa shape index (κ2) is 18.6. The molecule has 10 atom stereocenters. The number of hydrogen-bond acceptors (Lipinski definition) is 16. The summed E-state index contributed by atoms with van der Waals surface area (Å²) >= 11 is 0. The van der Waals surface area contributed by atoms with Crippen LogP contribution in [0.4, 0.5) is 0 Å². The van der Waals surface area contributed by atoms with Gasteiger partial charge in [-0.05, 0) is 56.4 Å². The highest BCUT2D eigenvalue weighted by atomic mass is 16.7. The number of esters is 1. The number of primary amides is 1. The lowest BCUT2D eigenvalue weighted by Gasteiger charge is -2.35. The zero-order chi connectivity index (χ0) is 41.6. The highest BCUT2D eigenvalue weighted by Crippen LogP contribution is 2.39. The van der Waals surface area contributed by atoms with Gasteiger partial charge in [0.2, 0.25) is 23.9 Å². The number of nitrogens with zero attached hydrogens (tertiary/aromatic N) is 1. The normalized spacial score (nSPS) is 27.8. The van der Waals surface area contributed by atoms with Gasteiger partial charge in [-0.25, -0.2) is 4.79 Å². The van der Waals surface area contributed by atoms with Gasteiger partial charge in [-0.15, -0.1) is 0 Å². The van der Waals surface area contributed by atoms with E-state index in [1.807, 2.05) is 6.92 Å². The van der Waals surface area contributed by atoms with E-state index in [4.69, 9.17) is 43.6 Å². The third kappa shape index (κ3) is 9.74. The third-order valence-electron chi connectivity index (χ3n) is 9.65. The molecular formula is C36H47N5O16. The van der Waals surface area contributed by atoms with E-state index >= 15 is 0 Å². The van der Waals surface area contributed by atoms with E-state index in [1.165, 1.54) is 28.4 Å². The molecule has 2 aromatic rings. The summed E-state index contributed by atoms with van der Waals surface area (Å²) in [6, 6.07) is 3.29. The Hall–Kier alpha value is -5.48. The summed E-state index contributed by atoms with van der Waals surface area (Å²) in [5, 5.41) is 26.8. The molecule has 3 aliphatic heterocycles. The van der Waals surface area contributed by atoms with Crippen LogP contribution in [0.15, 0.2) is 45.8 Å². The van der Waals surface area contributed by atoms with Crippen LogP contribution in [0.3, 0.4) is 0 Å². The smallest absolute Gasteiger partial charge is 0.330 e. The van der Waals surface area contributed by atoms with Crippen molar-refractivity contribution in [1.29, 1.82) is 0 Å². The quantitative estimate of drug-likeness (QED) is 0.106. The largest absolute Gasteiger partial charge is 0.493 e. The SMILES string of the molecule is COc1cc(CCC(=O)O[C@@H]2[C@H](OC)[C@@H]([C@@H](O[C@H]3OC(C(=O)N[C@H]4CCC[C@@H](C)NC4=O)=C[C@H](O)[C@@H]3O)C(N)=O)O[C@H]2n2ccc(=O)[nH]c2=O)cc(OC)c1OC. The lowest BCUT2D eigenvalue weighted by atomic mass is 10.0. The van der Waals surface area contributed by atoms with Crippen LogP contribution >= 0.6 is 0 Å². The minimum Gasteiger partial charge on any atom is -0.493 e. The van der Waals surface area contributed by atoms with Gasteiger partial charge in [0, 0.05) is 31.8 Å². The van der Waals surface area contributed by atoms with Crippen LogP contribution in [-0.2, 0) is 49.3 Å². The van der Waals surface area contributed by atoms with E-state index in [-0.39, 0.29) is 18.9 Å². The molecule has 0 saturated carbocycles. The van der Waals surface area contributed by atoms with Crippen LogP contribution < -0.4 is 41.8 Å². The number of carbonyl (C=O) groups excluding carboxylic acids is 4. The summed E-state index contributed by atoms with van der Waals surface area (Å²) < 4.78 is 46.0. The monoisotopic (exact) mass is 805 g/mol. The first kappa shape index (κ1) is 42.7. The zero-order valence-electron chi connectivity index (χ0n) is 31.8. The molecule has 2 fully saturated rings. The van der Waals surface area contributed by atoms with Crippen molar-refractivity contribution in [2.75, 3.05) is 28.4 Å². The molecule has 57 heavy (non-hydrogen) atoms. The molecule has 5 rings (SSSR count). The van der Waals surface area contributed by atoms with Crippen LogP contribution in [-0.4, -0.2) is 127 Å². The van der Waals surface area contributed by atoms with Crippen LogP contribution in [0.2, 0.25) is 0 Å². The molecule has 21 nitrogen and oxygen atoms in total. The zero-order valence-corrected chi connectivity index (χ0v) is 31.8. The van der Waals surface area contributed by atoms with Gasteiger partial charge in [-0.3, -0.25) is 33.5 Å². The fourth-order valence-corrected chi connectivity index (χ4v) is 6.77. The van der Waals surface area contributed by atoms with Crippen molar-refractivity contribution in [3.8, 4) is 17.2 Å². The number of H-pyrrole nitrogens is 1. The number of nitrogens with one attached hydrogen (secondary N) is 3. The average Bonchev–Trinajstić information content (AvgIpc) is 3.43. The van der Waals surface area contributed by atoms with Crippen LogP contribution in [0.25, 0.3) is 0 Å². The number of aliphatic hydroxyl groups excluding tert-OH is 2. The molecule has 3 aliphatic rings. The molecule has 7 N–H and O–H groups in total. The second-order valence-electron chi connectivity index (χ2n) is 13.5. The first-order valence-corrected chi connectivity index (χ1v) is 18.0. The van der Waals surface area contributed by atoms with Crippen molar-refractivity contribution in [3.05, 3.63) is 62.6 Å². The lowest BCUT2D eigenvalue weighted by molar-refractivity contribution is -0.241. The fraction of sp³-hybridized carbons (Fsp3) is 0.556. The van der Waals surface area contributed by atoms with E-state index in [9.17, 15) is 39.0 Å². The van der Waals surface area contributed by atoms with Gasteiger partial charge in [-0.2, -0.15) is 0 Å². The summed E-state index contributed by atoms with van der Waals surface area (Å²) in [5.41, 5.74) is 4.67. The Morgan fingerprint density at radius 1 is 1.04 bits per heavy atom. The maximum atomic E-state index is 13.4. The number of methoxy groups -OCH3 is 4. The standard InChI is InChI=1S/C36H47N5O16/c1-16-7-6-8-18(32(47)38-16)39-33(48)22-15-19(42)25(45)35(54-22)57-29(31(37)46)28-27(53-5)30(34(56-28)41-12-11-23(43)40-36(41)49)55-24(44)10-9-17-13-20(50-2)26(52-4)21(14-17)51-3/h11-16,18-19,25,27-30,34-35,42,45H,6-10H2,1-5H3,(H2,37,46)(H,38,47)(H,39,48)(H,40,43,49)/t16-,18+,19+,25+,27-,28+,29-,30-,34-,35-/m1/s1. The number of rotatable bonds is 15. The Balaban J connectivity index is 1.37. The summed E-state index contributed by atoms with van der Waals surface area (Å²) in [7, 11) is 5.52. The van der Waals surface area contributed by atoms with Gasteiger partial charge in [0.25, 0.3) is 11.5 Å². The van der Waals surface area contributed by atoms with Crippen molar-refractivity contribution in [2.45, 2.75) is 100 Å². The molecule has 0 unspecified atom stereocenters. The number of ether oxygens (including phenoxy) is 8. The molecule has 0 bridgehead atoms. The Morgan fingerprint density at radius 3 is 2.35 bits per heavy atom. The van der Waals surface area contributed by atoms with Crippen LogP contribution in [0.5, 0.6) is 17.2 Å². The number of amides is 3. The van der Waals surface area contributed by atoms with E-state index in [0.717, 1.165) is 22.9 Å². The molecule has 21 heteroatoms. The van der Waals surface area contributed by atoms with E-state index in [1.54, 1.807) is 12.1 Å². The molecule has 0 aliphatic carbocycles. The summed E-state index contributed by atoms with van der Waals surface area (Å²) in [6.45, 7) is 1.83. The highest BCUT2D eigenvalue weighted by Gasteiger charge is 2.55. The summed E-state index contributed by atoms with van der Waals surface area (Å²) in [4.78, 5) is 79.3. The van der Waals surface area contributed by atoms with Crippen molar-refractivity contribution >= 4 is 23.7 Å². The number of aromatic amines is 1. The van der Waals surface area contributed by atoms with Crippen LogP contribution in [0, 0.1) is 0 Å². The van der Waals surface area contributed by atoms with Gasteiger partial charge >= 0.3 is 11.7 Å². The Morgan fingerprint density at radius 2 is 1.74 bits per heavy atom. The number of aliphatic hydroxyl groups is 2. The highest BCUT2D eigenvalue weighted by molar-refractivity contribution is 5.95. The van der Waals surface area contributed by atoms with Gasteiger partial charge in [0.15, 0.2) is 35.7 Å². The Bertz CT molecular complexity index is 1920. The molecular weight excluding hydrogens is 758 g/mol. The Kier molecular flexibility index (Phi) is 14.0. The minimum absolute atomic E-state index is 0.0992. The minimum atomic E-state index is -1.93. The first-order valence-electron chi connectivity index (χ1n) is 18.0. The number of benzene rings is 1. The molecule has 0 radical (unpaired) electrons. The van der Waals surface area contributed by atoms with Gasteiger partial charge in [0.1, 0.15) is 30.5 Å². The molecule has 0 spiro atoms. The number of aryl methyl sites for hydroxylation is 1. The molecule has 1 aromatic heterocycles. The van der Waals surface area contributed by atoms with E-state index in [2.05, 4.69) is 15.6 Å². The average molecular weight is 806 g/mol. The molecule has 312 valence electrons. The predicted octanol–water partition coefficient (Wildman–Crippen LogP) is -1.97. The van der Waals surface area contributed by atoms with Crippen molar-refractivity contribution in [2.24, 2.45) is 5.73 Å². The number of nitrogens with two attached hydrogens (primary N) is 1. The summed E-state index contributed by atoms with van der Waals surface area (Å²) in [6.07, 6.45) is -9.97. The number of aromatic nitrogens is 2. The van der Waals surface area contributed by atoms with E-state index < -0.39 is 95.9 Å². The number of carbonyl (C=O) groups is 4. The topological polar surface area (TPSA) is 288 Å². The van der Waals surface area contributed by atoms with Crippen molar-refractivity contribution in [1.82, 2.24) is 20.2 Å². The maximum Gasteiger partial charge on any atom is 0.330 e. The van der Waals surface area contributed by atoms with Gasteiger partial charge < -0.3 is 64.5 Å². The maximum absolute atomic E-state index is 13.4. The molecule has 1 aromatic carbocycles. The van der Waals surface area contributed by atoms with Crippen molar-refractivity contribution in [3.63, 3.8) is 0 Å². The third-order valence-corrected chi connectivity index (χ3v) is 9.65. The first-order chi connectivity index (χ1) is 27.2. The Labute approximate surface area is 325 Å². The van der Waals surface area contributed by atoms with Crippen molar-refractivity contribution < 1.29 is 67.3 Å². The second-order valence-corrected chi connectivity index (χ2v) is 13.5. The van der Waals surface area contributed by atoms with Gasteiger partial charge in [0.05, 0.1) is 21.3 Å². The molecule has 3 amide bonds. The van der Waals surface area contributed by atoms with E-state index in [0.29, 0.717) is 42.1 Å². The van der Waals surface area contributed by atoms with Crippen LogP contribution in [0.1, 0.15) is 44.4 Å².